The minimum atomic E-state index is -0.0913. The Morgan fingerprint density at radius 1 is 1.40 bits per heavy atom. The second kappa shape index (κ2) is 6.47. The Morgan fingerprint density at radius 3 is 2.80 bits per heavy atom. The number of carbonyl (C=O) groups excluding carboxylic acids is 1. The fraction of sp³-hybridized carbons (Fsp3) is 0.357. The van der Waals surface area contributed by atoms with Crippen LogP contribution in [0, 0.1) is 6.92 Å². The molecule has 2 aromatic heterocycles. The number of carbonyl (C=O) groups is 1. The average molecular weight is 290 g/mol. The van der Waals surface area contributed by atoms with Crippen LogP contribution in [0.2, 0.25) is 0 Å². The highest BCUT2D eigenvalue weighted by molar-refractivity contribution is 7.09. The van der Waals surface area contributed by atoms with Crippen LogP contribution < -0.4 is 10.6 Å². The molecule has 0 spiro atoms. The van der Waals surface area contributed by atoms with Crippen LogP contribution in [0.4, 0.5) is 5.82 Å². The zero-order valence-electron chi connectivity index (χ0n) is 11.9. The van der Waals surface area contributed by atoms with Crippen molar-refractivity contribution in [2.75, 3.05) is 12.4 Å². The van der Waals surface area contributed by atoms with Crippen molar-refractivity contribution in [2.24, 2.45) is 0 Å². The fourth-order valence-corrected chi connectivity index (χ4v) is 2.50. The summed E-state index contributed by atoms with van der Waals surface area (Å²) in [6.07, 6.45) is 0.795. The van der Waals surface area contributed by atoms with Crippen molar-refractivity contribution in [1.82, 2.24) is 15.3 Å². The average Bonchev–Trinajstić information content (AvgIpc) is 2.89. The molecular weight excluding hydrogens is 272 g/mol. The number of hydrogen-bond donors (Lipinski definition) is 2. The van der Waals surface area contributed by atoms with Crippen LogP contribution in [0.15, 0.2) is 17.6 Å². The van der Waals surface area contributed by atoms with Gasteiger partial charge in [-0.1, -0.05) is 6.92 Å². The van der Waals surface area contributed by atoms with Gasteiger partial charge < -0.3 is 10.6 Å². The lowest BCUT2D eigenvalue weighted by molar-refractivity contribution is 0.0951. The van der Waals surface area contributed by atoms with E-state index in [1.54, 1.807) is 30.0 Å². The van der Waals surface area contributed by atoms with E-state index in [9.17, 15) is 4.79 Å². The largest absolute Gasteiger partial charge is 0.373 e. The molecule has 2 aromatic rings. The Balaban J connectivity index is 2.10. The van der Waals surface area contributed by atoms with Gasteiger partial charge in [0, 0.05) is 23.2 Å². The molecule has 0 aliphatic heterocycles. The second-order valence-corrected chi connectivity index (χ2v) is 5.32. The number of thiazole rings is 1. The number of anilines is 1. The predicted molar refractivity (Wildman–Crippen MR) is 81.2 cm³/mol. The Bertz CT molecular complexity index is 587. The highest BCUT2D eigenvalue weighted by Crippen LogP contribution is 2.13. The molecule has 0 saturated heterocycles. The lowest BCUT2D eigenvalue weighted by Gasteiger charge is -2.08. The number of aromatic nitrogens is 2. The molecule has 5 nitrogen and oxygen atoms in total. The van der Waals surface area contributed by atoms with Crippen molar-refractivity contribution in [2.45, 2.75) is 26.8 Å². The number of amides is 1. The van der Waals surface area contributed by atoms with E-state index in [0.717, 1.165) is 22.7 Å². The molecule has 0 aromatic carbocycles. The number of pyridine rings is 1. The van der Waals surface area contributed by atoms with E-state index < -0.39 is 0 Å². The van der Waals surface area contributed by atoms with Gasteiger partial charge in [0.25, 0.3) is 5.91 Å². The first-order chi connectivity index (χ1) is 9.63. The SMILES string of the molecule is CCc1cc(C(=O)NCc2scnc2C)cc(NC)n1. The highest BCUT2D eigenvalue weighted by Gasteiger charge is 2.10. The van der Waals surface area contributed by atoms with Gasteiger partial charge in [0.05, 0.1) is 17.7 Å². The predicted octanol–water partition coefficient (Wildman–Crippen LogP) is 2.38. The smallest absolute Gasteiger partial charge is 0.251 e. The van der Waals surface area contributed by atoms with Crippen molar-refractivity contribution in [3.8, 4) is 0 Å². The van der Waals surface area contributed by atoms with Crippen molar-refractivity contribution < 1.29 is 4.79 Å². The fourth-order valence-electron chi connectivity index (χ4n) is 1.79. The first kappa shape index (κ1) is 14.5. The summed E-state index contributed by atoms with van der Waals surface area (Å²) in [6, 6.07) is 3.59. The third-order valence-electron chi connectivity index (χ3n) is 3.01. The summed E-state index contributed by atoms with van der Waals surface area (Å²) in [5.41, 5.74) is 4.28. The first-order valence-corrected chi connectivity index (χ1v) is 7.38. The van der Waals surface area contributed by atoms with Gasteiger partial charge in [-0.3, -0.25) is 4.79 Å². The van der Waals surface area contributed by atoms with Crippen LogP contribution in [0.5, 0.6) is 0 Å². The number of nitrogens with one attached hydrogen (secondary N) is 2. The molecule has 0 atom stereocenters. The number of aryl methyl sites for hydroxylation is 2. The molecule has 2 N–H and O–H groups in total. The zero-order valence-corrected chi connectivity index (χ0v) is 12.7. The van der Waals surface area contributed by atoms with E-state index in [1.165, 1.54) is 0 Å². The van der Waals surface area contributed by atoms with Crippen molar-refractivity contribution in [1.29, 1.82) is 0 Å². The molecule has 0 unspecified atom stereocenters. The van der Waals surface area contributed by atoms with E-state index in [-0.39, 0.29) is 5.91 Å². The summed E-state index contributed by atoms with van der Waals surface area (Å²) in [5.74, 6) is 0.620. The second-order valence-electron chi connectivity index (χ2n) is 4.38. The minimum absolute atomic E-state index is 0.0913. The van der Waals surface area contributed by atoms with Gasteiger partial charge in [0.15, 0.2) is 0 Å². The van der Waals surface area contributed by atoms with Gasteiger partial charge in [0.2, 0.25) is 0 Å². The standard InChI is InChI=1S/C14H18N4OS/c1-4-11-5-10(6-13(15-3)18-11)14(19)16-7-12-9(2)17-8-20-12/h5-6,8H,4,7H2,1-3H3,(H,15,18)(H,16,19). The van der Waals surface area contributed by atoms with E-state index in [1.807, 2.05) is 19.9 Å². The molecule has 20 heavy (non-hydrogen) atoms. The van der Waals surface area contributed by atoms with E-state index in [0.29, 0.717) is 17.9 Å². The Labute approximate surface area is 122 Å². The normalized spacial score (nSPS) is 10.3. The summed E-state index contributed by atoms with van der Waals surface area (Å²) in [7, 11) is 1.80. The van der Waals surface area contributed by atoms with Crippen molar-refractivity contribution in [3.63, 3.8) is 0 Å². The monoisotopic (exact) mass is 290 g/mol. The quantitative estimate of drug-likeness (QED) is 0.887. The molecule has 2 rings (SSSR count). The van der Waals surface area contributed by atoms with Gasteiger partial charge >= 0.3 is 0 Å². The summed E-state index contributed by atoms with van der Waals surface area (Å²) in [6.45, 7) is 4.47. The van der Waals surface area contributed by atoms with Crippen molar-refractivity contribution in [3.05, 3.63) is 39.5 Å². The molecule has 0 aliphatic rings. The summed E-state index contributed by atoms with van der Waals surface area (Å²) >= 11 is 1.55. The van der Waals surface area contributed by atoms with E-state index in [2.05, 4.69) is 20.6 Å². The highest BCUT2D eigenvalue weighted by atomic mass is 32.1. The first-order valence-electron chi connectivity index (χ1n) is 6.50. The van der Waals surface area contributed by atoms with Crippen molar-refractivity contribution >= 4 is 23.1 Å². The number of hydrogen-bond acceptors (Lipinski definition) is 5. The minimum Gasteiger partial charge on any atom is -0.373 e. The van der Waals surface area contributed by atoms with E-state index >= 15 is 0 Å². The molecule has 106 valence electrons. The molecule has 0 aliphatic carbocycles. The lowest BCUT2D eigenvalue weighted by Crippen LogP contribution is -2.23. The van der Waals surface area contributed by atoms with Gasteiger partial charge in [-0.05, 0) is 25.5 Å². The maximum Gasteiger partial charge on any atom is 0.251 e. The Hall–Kier alpha value is -1.95. The molecule has 0 fully saturated rings. The van der Waals surface area contributed by atoms with Gasteiger partial charge in [-0.25, -0.2) is 9.97 Å². The molecule has 6 heteroatoms. The summed E-state index contributed by atoms with van der Waals surface area (Å²) in [5, 5.41) is 5.90. The van der Waals surface area contributed by atoms with Crippen LogP contribution in [0.1, 0.15) is 33.5 Å². The van der Waals surface area contributed by atoms with Crippen LogP contribution in [0.25, 0.3) is 0 Å². The number of rotatable bonds is 5. The lowest BCUT2D eigenvalue weighted by atomic mass is 10.2. The van der Waals surface area contributed by atoms with Gasteiger partial charge in [-0.15, -0.1) is 11.3 Å². The topological polar surface area (TPSA) is 66.9 Å². The van der Waals surface area contributed by atoms with Gasteiger partial charge in [0.1, 0.15) is 5.82 Å². The molecule has 0 radical (unpaired) electrons. The molecule has 0 saturated carbocycles. The van der Waals surface area contributed by atoms with Crippen LogP contribution in [-0.2, 0) is 13.0 Å². The zero-order chi connectivity index (χ0) is 14.5. The summed E-state index contributed by atoms with van der Waals surface area (Å²) in [4.78, 5) is 21.8. The Kier molecular flexibility index (Phi) is 4.68. The molecular formula is C14H18N4OS. The summed E-state index contributed by atoms with van der Waals surface area (Å²) < 4.78 is 0. The third kappa shape index (κ3) is 3.33. The molecule has 1 amide bonds. The maximum absolute atomic E-state index is 12.2. The van der Waals surface area contributed by atoms with Crippen LogP contribution in [0.3, 0.4) is 0 Å². The third-order valence-corrected chi connectivity index (χ3v) is 3.95. The van der Waals surface area contributed by atoms with E-state index in [4.69, 9.17) is 0 Å². The van der Waals surface area contributed by atoms with Gasteiger partial charge in [-0.2, -0.15) is 0 Å². The Morgan fingerprint density at radius 2 is 2.20 bits per heavy atom. The van der Waals surface area contributed by atoms with Crippen LogP contribution in [-0.4, -0.2) is 22.9 Å². The molecule has 2 heterocycles. The van der Waals surface area contributed by atoms with Crippen LogP contribution >= 0.6 is 11.3 Å². The number of nitrogens with zero attached hydrogens (tertiary/aromatic N) is 2. The maximum atomic E-state index is 12.2. The molecule has 0 bridgehead atoms.